The lowest BCUT2D eigenvalue weighted by molar-refractivity contribution is 0.459. The summed E-state index contributed by atoms with van der Waals surface area (Å²) in [5.74, 6) is 1.48. The van der Waals surface area contributed by atoms with Gasteiger partial charge in [0.05, 0.1) is 5.02 Å². The molecule has 0 radical (unpaired) electrons. The zero-order valence-corrected chi connectivity index (χ0v) is 11.9. The van der Waals surface area contributed by atoms with Crippen LogP contribution in [0.5, 0.6) is 11.6 Å². The lowest BCUT2D eigenvalue weighted by Crippen LogP contribution is -1.92. The Morgan fingerprint density at radius 3 is 2.67 bits per heavy atom. The summed E-state index contributed by atoms with van der Waals surface area (Å²) in [5.41, 5.74) is 1.72. The summed E-state index contributed by atoms with van der Waals surface area (Å²) in [6.07, 6.45) is 1.53. The van der Waals surface area contributed by atoms with Crippen LogP contribution < -0.4 is 4.74 Å². The van der Waals surface area contributed by atoms with Gasteiger partial charge in [-0.15, -0.1) is 11.6 Å². The Kier molecular flexibility index (Phi) is 4.33. The van der Waals surface area contributed by atoms with Gasteiger partial charge in [-0.3, -0.25) is 0 Å². The summed E-state index contributed by atoms with van der Waals surface area (Å²) in [6, 6.07) is 7.12. The van der Waals surface area contributed by atoms with Crippen LogP contribution in [0.2, 0.25) is 10.0 Å². The Balaban J connectivity index is 2.28. The standard InChI is InChI=1S/C13H10Cl3NO/c1-8-4-10(15)2-3-12(8)18-13-5-9(6-14)11(16)7-17-13/h2-5,7H,6H2,1H3. The van der Waals surface area contributed by atoms with Crippen molar-refractivity contribution < 1.29 is 4.74 Å². The third-order valence-electron chi connectivity index (χ3n) is 2.41. The minimum atomic E-state index is 0.317. The summed E-state index contributed by atoms with van der Waals surface area (Å²) in [4.78, 5) is 4.10. The van der Waals surface area contributed by atoms with Gasteiger partial charge < -0.3 is 4.74 Å². The summed E-state index contributed by atoms with van der Waals surface area (Å²) in [7, 11) is 0. The molecule has 0 aliphatic heterocycles. The van der Waals surface area contributed by atoms with Crippen molar-refractivity contribution in [2.24, 2.45) is 0 Å². The first-order valence-electron chi connectivity index (χ1n) is 5.24. The lowest BCUT2D eigenvalue weighted by Gasteiger charge is -2.09. The van der Waals surface area contributed by atoms with Crippen molar-refractivity contribution in [3.8, 4) is 11.6 Å². The molecule has 0 amide bonds. The minimum Gasteiger partial charge on any atom is -0.439 e. The van der Waals surface area contributed by atoms with Gasteiger partial charge in [-0.2, -0.15) is 0 Å². The smallest absolute Gasteiger partial charge is 0.219 e. The van der Waals surface area contributed by atoms with Crippen molar-refractivity contribution in [1.82, 2.24) is 4.98 Å². The monoisotopic (exact) mass is 301 g/mol. The Morgan fingerprint density at radius 2 is 2.00 bits per heavy atom. The second-order valence-corrected chi connectivity index (χ2v) is 4.87. The van der Waals surface area contributed by atoms with E-state index in [2.05, 4.69) is 4.98 Å². The number of ether oxygens (including phenoxy) is 1. The average Bonchev–Trinajstić information content (AvgIpc) is 2.35. The second kappa shape index (κ2) is 5.79. The van der Waals surface area contributed by atoms with Crippen LogP contribution in [0.1, 0.15) is 11.1 Å². The molecule has 0 saturated carbocycles. The number of alkyl halides is 1. The van der Waals surface area contributed by atoms with Gasteiger partial charge in [0.1, 0.15) is 5.75 Å². The van der Waals surface area contributed by atoms with E-state index in [1.54, 1.807) is 18.2 Å². The van der Waals surface area contributed by atoms with Gasteiger partial charge >= 0.3 is 0 Å². The largest absolute Gasteiger partial charge is 0.439 e. The van der Waals surface area contributed by atoms with Crippen molar-refractivity contribution in [3.63, 3.8) is 0 Å². The maximum atomic E-state index is 5.93. The topological polar surface area (TPSA) is 22.1 Å². The Morgan fingerprint density at radius 1 is 1.22 bits per heavy atom. The number of benzene rings is 1. The quantitative estimate of drug-likeness (QED) is 0.724. The Bertz CT molecular complexity index is 572. The summed E-state index contributed by atoms with van der Waals surface area (Å²) in [6.45, 7) is 1.92. The van der Waals surface area contributed by atoms with E-state index in [1.165, 1.54) is 6.20 Å². The van der Waals surface area contributed by atoms with Crippen LogP contribution in [0, 0.1) is 6.92 Å². The summed E-state index contributed by atoms with van der Waals surface area (Å²) < 4.78 is 5.67. The van der Waals surface area contributed by atoms with Gasteiger partial charge in [0.2, 0.25) is 5.88 Å². The molecule has 1 heterocycles. The van der Waals surface area contributed by atoms with E-state index in [1.807, 2.05) is 13.0 Å². The second-order valence-electron chi connectivity index (χ2n) is 3.76. The first-order chi connectivity index (χ1) is 8.60. The van der Waals surface area contributed by atoms with Gasteiger partial charge in [0.15, 0.2) is 0 Å². The highest BCUT2D eigenvalue weighted by atomic mass is 35.5. The summed E-state index contributed by atoms with van der Waals surface area (Å²) in [5, 5.41) is 1.20. The normalized spacial score (nSPS) is 10.4. The fourth-order valence-electron chi connectivity index (χ4n) is 1.46. The lowest BCUT2D eigenvalue weighted by atomic mass is 10.2. The number of rotatable bonds is 3. The number of pyridine rings is 1. The average molecular weight is 303 g/mol. The molecule has 2 rings (SSSR count). The Labute approximate surface area is 120 Å². The molecule has 0 atom stereocenters. The van der Waals surface area contributed by atoms with Crippen LogP contribution >= 0.6 is 34.8 Å². The van der Waals surface area contributed by atoms with Crippen LogP contribution in [0.4, 0.5) is 0 Å². The van der Waals surface area contributed by atoms with Crippen LogP contribution in [-0.2, 0) is 5.88 Å². The SMILES string of the molecule is Cc1cc(Cl)ccc1Oc1cc(CCl)c(Cl)cn1. The number of hydrogen-bond acceptors (Lipinski definition) is 2. The molecule has 94 valence electrons. The van der Waals surface area contributed by atoms with Gasteiger partial charge in [0.25, 0.3) is 0 Å². The Hall–Kier alpha value is -0.960. The molecule has 5 heteroatoms. The van der Waals surface area contributed by atoms with Gasteiger partial charge in [-0.25, -0.2) is 4.98 Å². The van der Waals surface area contributed by atoms with Gasteiger partial charge in [-0.05, 0) is 36.2 Å². The highest BCUT2D eigenvalue weighted by Crippen LogP contribution is 2.28. The maximum absolute atomic E-state index is 5.93. The van der Waals surface area contributed by atoms with Crippen molar-refractivity contribution in [1.29, 1.82) is 0 Å². The fraction of sp³-hybridized carbons (Fsp3) is 0.154. The van der Waals surface area contributed by atoms with Gasteiger partial charge in [-0.1, -0.05) is 23.2 Å². The number of aryl methyl sites for hydroxylation is 1. The molecular weight excluding hydrogens is 293 g/mol. The van der Waals surface area contributed by atoms with Gasteiger partial charge in [0, 0.05) is 23.2 Å². The first kappa shape index (κ1) is 13.5. The molecule has 0 fully saturated rings. The third-order valence-corrected chi connectivity index (χ3v) is 3.27. The van der Waals surface area contributed by atoms with E-state index >= 15 is 0 Å². The molecular formula is C13H10Cl3NO. The van der Waals surface area contributed by atoms with Crippen LogP contribution in [-0.4, -0.2) is 4.98 Å². The van der Waals surface area contributed by atoms with Crippen molar-refractivity contribution in [2.75, 3.05) is 0 Å². The third kappa shape index (κ3) is 3.08. The molecule has 1 aromatic heterocycles. The highest BCUT2D eigenvalue weighted by molar-refractivity contribution is 6.32. The first-order valence-corrected chi connectivity index (χ1v) is 6.53. The summed E-state index contributed by atoms with van der Waals surface area (Å²) >= 11 is 17.6. The zero-order valence-electron chi connectivity index (χ0n) is 9.58. The van der Waals surface area contributed by atoms with E-state index in [4.69, 9.17) is 39.5 Å². The molecule has 0 N–H and O–H groups in total. The highest BCUT2D eigenvalue weighted by Gasteiger charge is 2.06. The van der Waals surface area contributed by atoms with Crippen molar-refractivity contribution in [2.45, 2.75) is 12.8 Å². The number of halogens is 3. The molecule has 0 saturated heterocycles. The number of hydrogen-bond donors (Lipinski definition) is 0. The predicted molar refractivity (Wildman–Crippen MR) is 75.1 cm³/mol. The van der Waals surface area contributed by atoms with E-state index < -0.39 is 0 Å². The number of nitrogens with zero attached hydrogens (tertiary/aromatic N) is 1. The molecule has 1 aromatic carbocycles. The van der Waals surface area contributed by atoms with Crippen LogP contribution in [0.25, 0.3) is 0 Å². The van der Waals surface area contributed by atoms with E-state index in [-0.39, 0.29) is 0 Å². The molecule has 2 nitrogen and oxygen atoms in total. The molecule has 0 aliphatic carbocycles. The zero-order chi connectivity index (χ0) is 13.1. The van der Waals surface area contributed by atoms with Crippen LogP contribution in [0.15, 0.2) is 30.5 Å². The molecule has 0 aliphatic rings. The molecule has 0 spiro atoms. The van der Waals surface area contributed by atoms with E-state index in [0.717, 1.165) is 11.1 Å². The van der Waals surface area contributed by atoms with E-state index in [9.17, 15) is 0 Å². The van der Waals surface area contributed by atoms with Crippen molar-refractivity contribution in [3.05, 3.63) is 51.6 Å². The fourth-order valence-corrected chi connectivity index (χ4v) is 2.14. The molecule has 0 bridgehead atoms. The maximum Gasteiger partial charge on any atom is 0.219 e. The molecule has 18 heavy (non-hydrogen) atoms. The molecule has 0 unspecified atom stereocenters. The molecule has 2 aromatic rings. The minimum absolute atomic E-state index is 0.317. The predicted octanol–water partition coefficient (Wildman–Crippen LogP) is 5.23. The van der Waals surface area contributed by atoms with E-state index in [0.29, 0.717) is 27.6 Å². The van der Waals surface area contributed by atoms with Crippen molar-refractivity contribution >= 4 is 34.8 Å². The number of aromatic nitrogens is 1. The van der Waals surface area contributed by atoms with Crippen LogP contribution in [0.3, 0.4) is 0 Å².